The number of rotatable bonds is 3. The number of nitrogens with zero attached hydrogens (tertiary/aromatic N) is 1. The molecule has 1 heterocycles. The van der Waals surface area contributed by atoms with Crippen molar-refractivity contribution in [2.24, 2.45) is 0 Å². The summed E-state index contributed by atoms with van der Waals surface area (Å²) in [4.78, 5) is 2.48. The number of hydrogen-bond acceptors (Lipinski definition) is 2. The largest absolute Gasteiger partial charge is 0.315 e. The molecule has 0 spiro atoms. The highest BCUT2D eigenvalue weighted by atomic mass is 19.1. The molecule has 0 aromatic heterocycles. The molecule has 122 valence electrons. The number of aryl methyl sites for hydroxylation is 2. The van der Waals surface area contributed by atoms with E-state index in [2.05, 4.69) is 42.3 Å². The molecule has 1 saturated heterocycles. The Balaban J connectivity index is 2.05. The first-order valence-electron chi connectivity index (χ1n) is 8.42. The van der Waals surface area contributed by atoms with Crippen LogP contribution < -0.4 is 5.32 Å². The second kappa shape index (κ2) is 7.24. The average molecular weight is 312 g/mol. The van der Waals surface area contributed by atoms with Gasteiger partial charge in [0.2, 0.25) is 0 Å². The Morgan fingerprint density at radius 3 is 2.70 bits per heavy atom. The number of nitrogens with one attached hydrogen (secondary N) is 1. The van der Waals surface area contributed by atoms with E-state index < -0.39 is 0 Å². The monoisotopic (exact) mass is 312 g/mol. The van der Waals surface area contributed by atoms with Crippen molar-refractivity contribution in [2.75, 3.05) is 26.2 Å². The van der Waals surface area contributed by atoms with E-state index in [0.29, 0.717) is 0 Å². The minimum atomic E-state index is -0.162. The molecule has 1 atom stereocenters. The zero-order valence-electron chi connectivity index (χ0n) is 14.0. The first-order valence-corrected chi connectivity index (χ1v) is 8.42. The van der Waals surface area contributed by atoms with Gasteiger partial charge in [0.25, 0.3) is 0 Å². The molecule has 0 radical (unpaired) electrons. The average Bonchev–Trinajstić information content (AvgIpc) is 2.79. The Morgan fingerprint density at radius 1 is 1.04 bits per heavy atom. The lowest BCUT2D eigenvalue weighted by Gasteiger charge is -2.32. The lowest BCUT2D eigenvalue weighted by molar-refractivity contribution is 0.240. The van der Waals surface area contributed by atoms with E-state index in [1.165, 1.54) is 22.8 Å². The molecule has 0 bridgehead atoms. The lowest BCUT2D eigenvalue weighted by Crippen LogP contribution is -2.33. The van der Waals surface area contributed by atoms with E-state index in [-0.39, 0.29) is 11.9 Å². The summed E-state index contributed by atoms with van der Waals surface area (Å²) in [6.07, 6.45) is 1.12. The Bertz CT molecular complexity index is 660. The molecule has 1 aliphatic heterocycles. The van der Waals surface area contributed by atoms with Crippen molar-refractivity contribution in [3.05, 3.63) is 70.5 Å². The first-order chi connectivity index (χ1) is 11.1. The first kappa shape index (κ1) is 16.2. The van der Waals surface area contributed by atoms with Crippen LogP contribution in [0.5, 0.6) is 0 Å². The van der Waals surface area contributed by atoms with Crippen LogP contribution >= 0.6 is 0 Å². The van der Waals surface area contributed by atoms with Crippen LogP contribution in [0.4, 0.5) is 4.39 Å². The molecular formula is C20H25FN2. The SMILES string of the molecule is Cc1ccc(C(c2cccc(F)c2)N2CCCNCC2)c(C)c1. The maximum absolute atomic E-state index is 13.8. The van der Waals surface area contributed by atoms with Crippen LogP contribution in [0.15, 0.2) is 42.5 Å². The fraction of sp³-hybridized carbons (Fsp3) is 0.400. The molecule has 23 heavy (non-hydrogen) atoms. The van der Waals surface area contributed by atoms with Crippen LogP contribution in [0.25, 0.3) is 0 Å². The standard InChI is InChI=1S/C20H25FN2/c1-15-7-8-19(16(2)13-15)20(17-5-3-6-18(21)14-17)23-11-4-9-22-10-12-23/h3,5-8,13-14,20,22H,4,9-12H2,1-2H3. The Kier molecular flexibility index (Phi) is 5.09. The van der Waals surface area contributed by atoms with Gasteiger partial charge in [0, 0.05) is 19.6 Å². The van der Waals surface area contributed by atoms with Gasteiger partial charge in [0.1, 0.15) is 5.82 Å². The number of halogens is 1. The highest BCUT2D eigenvalue weighted by Gasteiger charge is 2.24. The molecule has 0 amide bonds. The second-order valence-corrected chi connectivity index (χ2v) is 6.46. The summed E-state index contributed by atoms with van der Waals surface area (Å²) in [6.45, 7) is 8.32. The third kappa shape index (κ3) is 3.80. The van der Waals surface area contributed by atoms with E-state index in [4.69, 9.17) is 0 Å². The van der Waals surface area contributed by atoms with Crippen LogP contribution in [0, 0.1) is 19.7 Å². The smallest absolute Gasteiger partial charge is 0.123 e. The highest BCUT2D eigenvalue weighted by molar-refractivity contribution is 5.39. The fourth-order valence-electron chi connectivity index (χ4n) is 3.52. The summed E-state index contributed by atoms with van der Waals surface area (Å²) >= 11 is 0. The molecule has 3 heteroatoms. The van der Waals surface area contributed by atoms with Crippen LogP contribution in [0.3, 0.4) is 0 Å². The van der Waals surface area contributed by atoms with Crippen molar-refractivity contribution >= 4 is 0 Å². The van der Waals surface area contributed by atoms with Gasteiger partial charge in [0.15, 0.2) is 0 Å². The predicted octanol–water partition coefficient (Wildman–Crippen LogP) is 3.83. The van der Waals surface area contributed by atoms with Gasteiger partial charge in [-0.05, 0) is 55.6 Å². The molecule has 2 nitrogen and oxygen atoms in total. The van der Waals surface area contributed by atoms with Crippen molar-refractivity contribution in [2.45, 2.75) is 26.3 Å². The lowest BCUT2D eigenvalue weighted by atomic mass is 9.92. The van der Waals surface area contributed by atoms with Gasteiger partial charge < -0.3 is 5.32 Å². The van der Waals surface area contributed by atoms with Gasteiger partial charge in [-0.3, -0.25) is 4.90 Å². The maximum atomic E-state index is 13.8. The van der Waals surface area contributed by atoms with Crippen molar-refractivity contribution in [3.8, 4) is 0 Å². The Hall–Kier alpha value is -1.71. The summed E-state index contributed by atoms with van der Waals surface area (Å²) in [7, 11) is 0. The number of benzene rings is 2. The van der Waals surface area contributed by atoms with E-state index >= 15 is 0 Å². The normalized spacial score (nSPS) is 17.7. The van der Waals surface area contributed by atoms with Crippen LogP contribution in [-0.4, -0.2) is 31.1 Å². The highest BCUT2D eigenvalue weighted by Crippen LogP contribution is 2.32. The summed E-state index contributed by atoms with van der Waals surface area (Å²) in [5.41, 5.74) is 4.86. The summed E-state index contributed by atoms with van der Waals surface area (Å²) in [6, 6.07) is 13.8. The van der Waals surface area contributed by atoms with Crippen molar-refractivity contribution in [1.82, 2.24) is 10.2 Å². The third-order valence-electron chi connectivity index (χ3n) is 4.62. The predicted molar refractivity (Wildman–Crippen MR) is 93.2 cm³/mol. The zero-order chi connectivity index (χ0) is 16.2. The molecule has 2 aromatic rings. The van der Waals surface area contributed by atoms with Gasteiger partial charge >= 0.3 is 0 Å². The van der Waals surface area contributed by atoms with Gasteiger partial charge in [-0.1, -0.05) is 35.9 Å². The Morgan fingerprint density at radius 2 is 1.91 bits per heavy atom. The van der Waals surface area contributed by atoms with E-state index in [1.807, 2.05) is 12.1 Å². The molecule has 1 aliphatic rings. The summed E-state index contributed by atoms with van der Waals surface area (Å²) < 4.78 is 13.8. The molecule has 2 aromatic carbocycles. The van der Waals surface area contributed by atoms with Gasteiger partial charge in [-0.15, -0.1) is 0 Å². The molecule has 1 unspecified atom stereocenters. The van der Waals surface area contributed by atoms with Gasteiger partial charge in [-0.25, -0.2) is 4.39 Å². The van der Waals surface area contributed by atoms with Gasteiger partial charge in [-0.2, -0.15) is 0 Å². The van der Waals surface area contributed by atoms with Crippen LogP contribution in [-0.2, 0) is 0 Å². The number of hydrogen-bond donors (Lipinski definition) is 1. The van der Waals surface area contributed by atoms with E-state index in [0.717, 1.165) is 38.2 Å². The molecule has 3 rings (SSSR count). The summed E-state index contributed by atoms with van der Waals surface area (Å²) in [5.74, 6) is -0.162. The minimum absolute atomic E-state index is 0.117. The second-order valence-electron chi connectivity index (χ2n) is 6.46. The quantitative estimate of drug-likeness (QED) is 0.926. The third-order valence-corrected chi connectivity index (χ3v) is 4.62. The molecule has 1 N–H and O–H groups in total. The fourth-order valence-corrected chi connectivity index (χ4v) is 3.52. The molecular weight excluding hydrogens is 287 g/mol. The molecule has 0 aliphatic carbocycles. The van der Waals surface area contributed by atoms with Crippen LogP contribution in [0.1, 0.15) is 34.7 Å². The van der Waals surface area contributed by atoms with Crippen molar-refractivity contribution in [1.29, 1.82) is 0 Å². The van der Waals surface area contributed by atoms with E-state index in [9.17, 15) is 4.39 Å². The Labute approximate surface area is 138 Å². The van der Waals surface area contributed by atoms with Crippen molar-refractivity contribution in [3.63, 3.8) is 0 Å². The van der Waals surface area contributed by atoms with Crippen molar-refractivity contribution < 1.29 is 4.39 Å². The molecule has 1 fully saturated rings. The zero-order valence-corrected chi connectivity index (χ0v) is 14.0. The molecule has 0 saturated carbocycles. The van der Waals surface area contributed by atoms with E-state index in [1.54, 1.807) is 6.07 Å². The van der Waals surface area contributed by atoms with Gasteiger partial charge in [0.05, 0.1) is 6.04 Å². The maximum Gasteiger partial charge on any atom is 0.123 e. The minimum Gasteiger partial charge on any atom is -0.315 e. The topological polar surface area (TPSA) is 15.3 Å². The summed E-state index contributed by atoms with van der Waals surface area (Å²) in [5, 5.41) is 3.45. The van der Waals surface area contributed by atoms with Crippen LogP contribution in [0.2, 0.25) is 0 Å².